The van der Waals surface area contributed by atoms with E-state index in [4.69, 9.17) is 9.47 Å². The molecule has 4 nitrogen and oxygen atoms in total. The summed E-state index contributed by atoms with van der Waals surface area (Å²) in [4.78, 5) is 11.1. The summed E-state index contributed by atoms with van der Waals surface area (Å²) in [6, 6.07) is 7.47. The highest BCUT2D eigenvalue weighted by Crippen LogP contribution is 2.24. The summed E-state index contributed by atoms with van der Waals surface area (Å²) in [6.45, 7) is 2.60. The third kappa shape index (κ3) is 5.76. The van der Waals surface area contributed by atoms with Gasteiger partial charge in [-0.1, -0.05) is 37.8 Å². The number of carbonyl (C=O) groups is 1. The molecule has 1 N–H and O–H groups in total. The third-order valence-corrected chi connectivity index (χ3v) is 3.69. The van der Waals surface area contributed by atoms with Crippen LogP contribution in [0.1, 0.15) is 45.4 Å². The molecule has 0 aliphatic heterocycles. The molecule has 1 aliphatic rings. The van der Waals surface area contributed by atoms with Crippen LogP contribution in [0.4, 0.5) is 5.69 Å². The molecule has 1 aromatic carbocycles. The summed E-state index contributed by atoms with van der Waals surface area (Å²) in [6.07, 6.45) is 7.95. The highest BCUT2D eigenvalue weighted by atomic mass is 16.5. The van der Waals surface area contributed by atoms with E-state index in [1.807, 2.05) is 24.3 Å². The molecule has 0 radical (unpaired) electrons. The minimum absolute atomic E-state index is 0.0965. The maximum Gasteiger partial charge on any atom is 0.221 e. The van der Waals surface area contributed by atoms with Crippen molar-refractivity contribution in [2.24, 2.45) is 0 Å². The van der Waals surface area contributed by atoms with Gasteiger partial charge in [-0.15, -0.1) is 0 Å². The van der Waals surface area contributed by atoms with Crippen molar-refractivity contribution in [3.8, 4) is 5.75 Å². The highest BCUT2D eigenvalue weighted by molar-refractivity contribution is 5.90. The standard InChI is InChI=1S/C17H25NO3/c1-14(19)18-16-10-6-7-11-17(16)21-13-12-20-15-8-4-2-3-5-9-15/h6-7,10-11,15H,2-5,8-9,12-13H2,1H3,(H,18,19). The normalized spacial score (nSPS) is 16.2. The Hall–Kier alpha value is -1.55. The molecule has 1 fully saturated rings. The lowest BCUT2D eigenvalue weighted by atomic mass is 10.1. The fourth-order valence-electron chi connectivity index (χ4n) is 2.66. The lowest BCUT2D eigenvalue weighted by Gasteiger charge is -2.16. The Bertz CT molecular complexity index is 439. The van der Waals surface area contributed by atoms with Gasteiger partial charge in [-0.3, -0.25) is 4.79 Å². The van der Waals surface area contributed by atoms with Crippen LogP contribution in [0.2, 0.25) is 0 Å². The first-order chi connectivity index (χ1) is 10.3. The van der Waals surface area contributed by atoms with Crippen LogP contribution in [0.25, 0.3) is 0 Å². The Morgan fingerprint density at radius 1 is 1.14 bits per heavy atom. The molecule has 0 aromatic heterocycles. The second-order valence-corrected chi connectivity index (χ2v) is 5.51. The lowest BCUT2D eigenvalue weighted by Crippen LogP contribution is -2.17. The van der Waals surface area contributed by atoms with Gasteiger partial charge in [0.05, 0.1) is 18.4 Å². The van der Waals surface area contributed by atoms with Crippen LogP contribution in [-0.2, 0) is 9.53 Å². The van der Waals surface area contributed by atoms with E-state index in [-0.39, 0.29) is 5.91 Å². The molecule has 4 heteroatoms. The fourth-order valence-corrected chi connectivity index (χ4v) is 2.66. The van der Waals surface area contributed by atoms with Crippen molar-refractivity contribution < 1.29 is 14.3 Å². The molecule has 0 unspecified atom stereocenters. The van der Waals surface area contributed by atoms with Gasteiger partial charge in [0.25, 0.3) is 0 Å². The Labute approximate surface area is 126 Å². The summed E-state index contributed by atoms with van der Waals surface area (Å²) in [5.41, 5.74) is 0.708. The molecule has 1 amide bonds. The minimum Gasteiger partial charge on any atom is -0.489 e. The highest BCUT2D eigenvalue weighted by Gasteiger charge is 2.12. The Kier molecular flexibility index (Phi) is 6.54. The monoisotopic (exact) mass is 291 g/mol. The van der Waals surface area contributed by atoms with Crippen molar-refractivity contribution in [2.75, 3.05) is 18.5 Å². The van der Waals surface area contributed by atoms with Gasteiger partial charge in [-0.2, -0.15) is 0 Å². The molecule has 1 aromatic rings. The number of anilines is 1. The number of amides is 1. The number of rotatable bonds is 6. The van der Waals surface area contributed by atoms with Crippen LogP contribution in [0.3, 0.4) is 0 Å². The van der Waals surface area contributed by atoms with E-state index in [2.05, 4.69) is 5.32 Å². The zero-order valence-electron chi connectivity index (χ0n) is 12.8. The van der Waals surface area contributed by atoms with Crippen LogP contribution in [-0.4, -0.2) is 25.2 Å². The second kappa shape index (κ2) is 8.67. The van der Waals surface area contributed by atoms with E-state index in [1.54, 1.807) is 0 Å². The Morgan fingerprint density at radius 2 is 1.86 bits per heavy atom. The topological polar surface area (TPSA) is 47.6 Å². The van der Waals surface area contributed by atoms with Crippen LogP contribution in [0.15, 0.2) is 24.3 Å². The molecule has 0 heterocycles. The van der Waals surface area contributed by atoms with Gasteiger partial charge in [0.1, 0.15) is 12.4 Å². The van der Waals surface area contributed by atoms with Gasteiger partial charge < -0.3 is 14.8 Å². The quantitative estimate of drug-likeness (QED) is 0.641. The maximum atomic E-state index is 11.1. The molecular weight excluding hydrogens is 266 g/mol. The Morgan fingerprint density at radius 3 is 2.57 bits per heavy atom. The van der Waals surface area contributed by atoms with E-state index in [9.17, 15) is 4.79 Å². The number of benzene rings is 1. The van der Waals surface area contributed by atoms with Gasteiger partial charge in [-0.05, 0) is 25.0 Å². The number of carbonyl (C=O) groups excluding carboxylic acids is 1. The smallest absolute Gasteiger partial charge is 0.221 e. The van der Waals surface area contributed by atoms with Crippen LogP contribution < -0.4 is 10.1 Å². The number of hydrogen-bond donors (Lipinski definition) is 1. The summed E-state index contributed by atoms with van der Waals surface area (Å²) < 4.78 is 11.6. The number of para-hydroxylation sites is 2. The molecule has 0 spiro atoms. The first kappa shape index (κ1) is 15.8. The van der Waals surface area contributed by atoms with E-state index >= 15 is 0 Å². The molecular formula is C17H25NO3. The molecule has 0 saturated heterocycles. The van der Waals surface area contributed by atoms with Crippen molar-refractivity contribution in [3.63, 3.8) is 0 Å². The molecule has 0 bridgehead atoms. The summed E-state index contributed by atoms with van der Waals surface area (Å²) in [5, 5.41) is 2.77. The molecule has 0 atom stereocenters. The van der Waals surface area contributed by atoms with Crippen molar-refractivity contribution in [1.82, 2.24) is 0 Å². The van der Waals surface area contributed by atoms with Gasteiger partial charge in [-0.25, -0.2) is 0 Å². The summed E-state index contributed by atoms with van der Waals surface area (Å²) in [5.74, 6) is 0.595. The maximum absolute atomic E-state index is 11.1. The van der Waals surface area contributed by atoms with E-state index in [0.29, 0.717) is 30.8 Å². The molecule has 1 saturated carbocycles. The zero-order valence-corrected chi connectivity index (χ0v) is 12.8. The molecule has 116 valence electrons. The van der Waals surface area contributed by atoms with Crippen molar-refractivity contribution >= 4 is 11.6 Å². The summed E-state index contributed by atoms with van der Waals surface area (Å²) >= 11 is 0. The van der Waals surface area contributed by atoms with Crippen LogP contribution >= 0.6 is 0 Å². The zero-order chi connectivity index (χ0) is 14.9. The van der Waals surface area contributed by atoms with Gasteiger partial charge >= 0.3 is 0 Å². The minimum atomic E-state index is -0.0965. The predicted octanol–water partition coefficient (Wildman–Crippen LogP) is 3.76. The van der Waals surface area contributed by atoms with Crippen molar-refractivity contribution in [3.05, 3.63) is 24.3 Å². The second-order valence-electron chi connectivity index (χ2n) is 5.51. The van der Waals surface area contributed by atoms with Crippen molar-refractivity contribution in [1.29, 1.82) is 0 Å². The number of hydrogen-bond acceptors (Lipinski definition) is 3. The molecule has 1 aliphatic carbocycles. The third-order valence-electron chi connectivity index (χ3n) is 3.69. The van der Waals surface area contributed by atoms with Gasteiger partial charge in [0, 0.05) is 6.92 Å². The van der Waals surface area contributed by atoms with Gasteiger partial charge in [0.15, 0.2) is 0 Å². The van der Waals surface area contributed by atoms with Crippen molar-refractivity contribution in [2.45, 2.75) is 51.6 Å². The number of ether oxygens (including phenoxy) is 2. The average molecular weight is 291 g/mol. The van der Waals surface area contributed by atoms with Crippen LogP contribution in [0.5, 0.6) is 5.75 Å². The Balaban J connectivity index is 1.74. The van der Waals surface area contributed by atoms with E-state index in [1.165, 1.54) is 45.4 Å². The average Bonchev–Trinajstić information content (AvgIpc) is 2.73. The van der Waals surface area contributed by atoms with Crippen LogP contribution in [0, 0.1) is 0 Å². The summed E-state index contributed by atoms with van der Waals surface area (Å²) in [7, 11) is 0. The predicted molar refractivity (Wildman–Crippen MR) is 83.7 cm³/mol. The molecule has 2 rings (SSSR count). The largest absolute Gasteiger partial charge is 0.489 e. The molecule has 21 heavy (non-hydrogen) atoms. The van der Waals surface area contributed by atoms with Gasteiger partial charge in [0.2, 0.25) is 5.91 Å². The first-order valence-corrected chi connectivity index (χ1v) is 7.87. The number of nitrogens with one attached hydrogen (secondary N) is 1. The lowest BCUT2D eigenvalue weighted by molar-refractivity contribution is -0.114. The van der Waals surface area contributed by atoms with E-state index in [0.717, 1.165) is 0 Å². The van der Waals surface area contributed by atoms with E-state index < -0.39 is 0 Å². The fraction of sp³-hybridized carbons (Fsp3) is 0.588. The first-order valence-electron chi connectivity index (χ1n) is 7.87. The SMILES string of the molecule is CC(=O)Nc1ccccc1OCCOC1CCCCCC1.